The van der Waals surface area contributed by atoms with E-state index in [-0.39, 0.29) is 0 Å². The maximum Gasteiger partial charge on any atom is 0.0656 e. The lowest BCUT2D eigenvalue weighted by Gasteiger charge is -2.25. The van der Waals surface area contributed by atoms with Crippen LogP contribution in [0.25, 0.3) is 0 Å². The summed E-state index contributed by atoms with van der Waals surface area (Å²) in [5.41, 5.74) is 8.73. The molecule has 1 saturated carbocycles. The predicted molar refractivity (Wildman–Crippen MR) is 71.1 cm³/mol. The third-order valence-corrected chi connectivity index (χ3v) is 3.64. The molecule has 0 radical (unpaired) electrons. The van der Waals surface area contributed by atoms with Gasteiger partial charge in [-0.1, -0.05) is 30.9 Å². The molecule has 1 aliphatic rings. The molecular weight excluding hydrogens is 220 g/mol. The van der Waals surface area contributed by atoms with Crippen molar-refractivity contribution in [3.05, 3.63) is 22.7 Å². The fourth-order valence-corrected chi connectivity index (χ4v) is 2.49. The molecule has 88 valence electrons. The first-order valence-electron chi connectivity index (χ1n) is 5.99. The molecule has 0 bridgehead atoms. The zero-order chi connectivity index (χ0) is 11.5. The van der Waals surface area contributed by atoms with E-state index in [9.17, 15) is 0 Å². The van der Waals surface area contributed by atoms with Crippen LogP contribution in [0.1, 0.15) is 37.7 Å². The van der Waals surface area contributed by atoms with Gasteiger partial charge >= 0.3 is 0 Å². The molecular formula is C13H19ClN2. The molecule has 0 heterocycles. The van der Waals surface area contributed by atoms with E-state index in [2.05, 4.69) is 12.2 Å². The minimum Gasteiger partial charge on any atom is -0.398 e. The highest BCUT2D eigenvalue weighted by molar-refractivity contribution is 6.33. The van der Waals surface area contributed by atoms with Gasteiger partial charge < -0.3 is 11.1 Å². The molecule has 0 atom stereocenters. The van der Waals surface area contributed by atoms with E-state index < -0.39 is 0 Å². The predicted octanol–water partition coefficient (Wildman–Crippen LogP) is 3.98. The number of nitrogens with one attached hydrogen (secondary N) is 1. The maximum atomic E-state index is 6.04. The number of nitrogens with two attached hydrogens (primary N) is 1. The minimum atomic E-state index is 0.604. The SMILES string of the molecule is Cc1cc(N)c(Cl)cc1NC1CCCCC1. The summed E-state index contributed by atoms with van der Waals surface area (Å²) in [4.78, 5) is 0. The van der Waals surface area contributed by atoms with E-state index in [1.165, 1.54) is 37.7 Å². The van der Waals surface area contributed by atoms with Crippen LogP contribution in [0.5, 0.6) is 0 Å². The van der Waals surface area contributed by atoms with Crippen molar-refractivity contribution in [3.8, 4) is 0 Å². The van der Waals surface area contributed by atoms with Crippen molar-refractivity contribution in [1.29, 1.82) is 0 Å². The van der Waals surface area contributed by atoms with Gasteiger partial charge in [0, 0.05) is 11.7 Å². The Balaban J connectivity index is 2.11. The summed E-state index contributed by atoms with van der Waals surface area (Å²) >= 11 is 6.04. The highest BCUT2D eigenvalue weighted by atomic mass is 35.5. The molecule has 1 aliphatic carbocycles. The zero-order valence-electron chi connectivity index (χ0n) is 9.72. The zero-order valence-corrected chi connectivity index (χ0v) is 10.5. The van der Waals surface area contributed by atoms with Crippen molar-refractivity contribution < 1.29 is 0 Å². The van der Waals surface area contributed by atoms with Crippen molar-refractivity contribution in [1.82, 2.24) is 0 Å². The Labute approximate surface area is 102 Å². The van der Waals surface area contributed by atoms with Crippen molar-refractivity contribution in [2.24, 2.45) is 0 Å². The summed E-state index contributed by atoms with van der Waals surface area (Å²) in [5, 5.41) is 4.22. The van der Waals surface area contributed by atoms with Crippen LogP contribution in [-0.4, -0.2) is 6.04 Å². The average molecular weight is 239 g/mol. The van der Waals surface area contributed by atoms with E-state index in [1.54, 1.807) is 0 Å². The van der Waals surface area contributed by atoms with E-state index >= 15 is 0 Å². The summed E-state index contributed by atoms with van der Waals surface area (Å²) in [6.45, 7) is 2.07. The van der Waals surface area contributed by atoms with Crippen molar-refractivity contribution in [2.45, 2.75) is 45.1 Å². The largest absolute Gasteiger partial charge is 0.398 e. The molecule has 0 spiro atoms. The van der Waals surface area contributed by atoms with Gasteiger partial charge in [0.05, 0.1) is 10.7 Å². The highest BCUT2D eigenvalue weighted by Crippen LogP contribution is 2.29. The summed E-state index contributed by atoms with van der Waals surface area (Å²) in [6.07, 6.45) is 6.57. The van der Waals surface area contributed by atoms with Gasteiger partial charge in [0.15, 0.2) is 0 Å². The minimum absolute atomic E-state index is 0.604. The first-order chi connectivity index (χ1) is 7.66. The van der Waals surface area contributed by atoms with Crippen LogP contribution >= 0.6 is 11.6 Å². The highest BCUT2D eigenvalue weighted by Gasteiger charge is 2.14. The average Bonchev–Trinajstić information content (AvgIpc) is 2.27. The summed E-state index contributed by atoms with van der Waals surface area (Å²) in [5.74, 6) is 0. The van der Waals surface area contributed by atoms with Crippen LogP contribution in [0.4, 0.5) is 11.4 Å². The number of benzene rings is 1. The van der Waals surface area contributed by atoms with Gasteiger partial charge in [-0.15, -0.1) is 0 Å². The molecule has 16 heavy (non-hydrogen) atoms. The van der Waals surface area contributed by atoms with E-state index in [0.29, 0.717) is 16.8 Å². The van der Waals surface area contributed by atoms with E-state index in [0.717, 1.165) is 5.69 Å². The molecule has 1 aromatic rings. The summed E-state index contributed by atoms with van der Waals surface area (Å²) < 4.78 is 0. The lowest BCUT2D eigenvalue weighted by molar-refractivity contribution is 0.462. The molecule has 1 aromatic carbocycles. The molecule has 3 N–H and O–H groups in total. The number of anilines is 2. The first kappa shape index (κ1) is 11.6. The van der Waals surface area contributed by atoms with Gasteiger partial charge in [-0.05, 0) is 37.5 Å². The van der Waals surface area contributed by atoms with Crippen LogP contribution in [0.2, 0.25) is 5.02 Å². The van der Waals surface area contributed by atoms with E-state index in [4.69, 9.17) is 17.3 Å². The molecule has 3 heteroatoms. The number of rotatable bonds is 2. The van der Waals surface area contributed by atoms with Gasteiger partial charge in [-0.25, -0.2) is 0 Å². The van der Waals surface area contributed by atoms with Gasteiger partial charge in [-0.2, -0.15) is 0 Å². The Morgan fingerprint density at radius 1 is 1.25 bits per heavy atom. The number of hydrogen-bond donors (Lipinski definition) is 2. The Kier molecular flexibility index (Phi) is 3.59. The standard InChI is InChI=1S/C13H19ClN2/c1-9-7-12(15)11(14)8-13(9)16-10-5-3-2-4-6-10/h7-8,10,16H,2-6,15H2,1H3. The molecule has 1 fully saturated rings. The number of nitrogen functional groups attached to an aromatic ring is 1. The van der Waals surface area contributed by atoms with Gasteiger partial charge in [0.2, 0.25) is 0 Å². The third kappa shape index (κ3) is 2.62. The normalized spacial score (nSPS) is 17.4. The molecule has 0 unspecified atom stereocenters. The molecule has 0 saturated heterocycles. The van der Waals surface area contributed by atoms with Crippen LogP contribution in [0.15, 0.2) is 12.1 Å². The second-order valence-electron chi connectivity index (χ2n) is 4.67. The summed E-state index contributed by atoms with van der Waals surface area (Å²) in [6, 6.07) is 4.49. The van der Waals surface area contributed by atoms with Crippen LogP contribution in [-0.2, 0) is 0 Å². The topological polar surface area (TPSA) is 38.0 Å². The second kappa shape index (κ2) is 4.96. The monoisotopic (exact) mass is 238 g/mol. The van der Waals surface area contributed by atoms with E-state index in [1.807, 2.05) is 12.1 Å². The molecule has 2 nitrogen and oxygen atoms in total. The first-order valence-corrected chi connectivity index (χ1v) is 6.37. The number of halogens is 1. The maximum absolute atomic E-state index is 6.04. The number of hydrogen-bond acceptors (Lipinski definition) is 2. The van der Waals surface area contributed by atoms with Crippen LogP contribution < -0.4 is 11.1 Å². The third-order valence-electron chi connectivity index (χ3n) is 3.31. The Hall–Kier alpha value is -0.890. The smallest absolute Gasteiger partial charge is 0.0656 e. The fraction of sp³-hybridized carbons (Fsp3) is 0.538. The summed E-state index contributed by atoms with van der Waals surface area (Å²) in [7, 11) is 0. The lowest BCUT2D eigenvalue weighted by atomic mass is 9.95. The fourth-order valence-electron chi connectivity index (χ4n) is 2.33. The number of aryl methyl sites for hydroxylation is 1. The van der Waals surface area contributed by atoms with Gasteiger partial charge in [-0.3, -0.25) is 0 Å². The Morgan fingerprint density at radius 2 is 1.94 bits per heavy atom. The van der Waals surface area contributed by atoms with Crippen LogP contribution in [0.3, 0.4) is 0 Å². The quantitative estimate of drug-likeness (QED) is 0.765. The van der Waals surface area contributed by atoms with Gasteiger partial charge in [0.1, 0.15) is 0 Å². The van der Waals surface area contributed by atoms with Crippen molar-refractivity contribution in [2.75, 3.05) is 11.1 Å². The molecule has 2 rings (SSSR count). The second-order valence-corrected chi connectivity index (χ2v) is 5.08. The van der Waals surface area contributed by atoms with Crippen LogP contribution in [0, 0.1) is 6.92 Å². The van der Waals surface area contributed by atoms with Crippen molar-refractivity contribution >= 4 is 23.0 Å². The Morgan fingerprint density at radius 3 is 2.62 bits per heavy atom. The van der Waals surface area contributed by atoms with Crippen molar-refractivity contribution in [3.63, 3.8) is 0 Å². The Bertz CT molecular complexity index is 370. The molecule has 0 aromatic heterocycles. The molecule has 0 amide bonds. The molecule has 0 aliphatic heterocycles. The lowest BCUT2D eigenvalue weighted by Crippen LogP contribution is -2.22. The van der Waals surface area contributed by atoms with Gasteiger partial charge in [0.25, 0.3) is 0 Å².